The smallest absolute Gasteiger partial charge is 0.251 e. The average Bonchev–Trinajstić information content (AvgIpc) is 3.53. The monoisotopic (exact) mass is 536 g/mol. The molecule has 0 radical (unpaired) electrons. The van der Waals surface area contributed by atoms with Gasteiger partial charge in [0.1, 0.15) is 5.75 Å². The Bertz CT molecular complexity index is 1380. The zero-order valence-electron chi connectivity index (χ0n) is 21.7. The van der Waals surface area contributed by atoms with Gasteiger partial charge in [-0.1, -0.05) is 41.6 Å². The highest BCUT2D eigenvalue weighted by Crippen LogP contribution is 2.34. The van der Waals surface area contributed by atoms with Crippen LogP contribution >= 0.6 is 11.3 Å². The zero-order chi connectivity index (χ0) is 26.9. The Morgan fingerprint density at radius 1 is 1.16 bits per heavy atom. The van der Waals surface area contributed by atoms with Gasteiger partial charge in [-0.05, 0) is 57.1 Å². The molecule has 2 aromatic carbocycles. The van der Waals surface area contributed by atoms with Crippen LogP contribution in [0, 0.1) is 6.92 Å². The predicted octanol–water partition coefficient (Wildman–Crippen LogP) is 4.57. The number of aryl methyl sites for hydroxylation is 1. The van der Waals surface area contributed by atoms with Crippen LogP contribution in [-0.4, -0.2) is 53.2 Å². The van der Waals surface area contributed by atoms with Gasteiger partial charge in [0, 0.05) is 30.5 Å². The molecule has 0 saturated heterocycles. The van der Waals surface area contributed by atoms with Crippen molar-refractivity contribution in [3.8, 4) is 17.1 Å². The molecular weight excluding hydrogens is 504 g/mol. The SMILES string of the molecule is CCCOc1cccc2nc(NC(=O)C[C@H](CCCNC)NC(=O)c3cccc(-c4noc(C)n4)c3)sc12. The van der Waals surface area contributed by atoms with E-state index in [1.54, 1.807) is 25.1 Å². The van der Waals surface area contributed by atoms with Crippen LogP contribution in [0.15, 0.2) is 47.0 Å². The molecule has 4 rings (SSSR count). The molecule has 0 fully saturated rings. The van der Waals surface area contributed by atoms with E-state index in [1.807, 2.05) is 31.3 Å². The van der Waals surface area contributed by atoms with Crippen molar-refractivity contribution < 1.29 is 18.8 Å². The molecule has 4 aromatic rings. The minimum Gasteiger partial charge on any atom is -0.492 e. The quantitative estimate of drug-likeness (QED) is 0.212. The summed E-state index contributed by atoms with van der Waals surface area (Å²) in [6, 6.07) is 12.3. The molecule has 0 spiro atoms. The molecule has 200 valence electrons. The molecule has 11 heteroatoms. The second kappa shape index (κ2) is 13.1. The van der Waals surface area contributed by atoms with Crippen LogP contribution in [0.2, 0.25) is 0 Å². The molecule has 0 unspecified atom stereocenters. The fourth-order valence-corrected chi connectivity index (χ4v) is 4.88. The Labute approximate surface area is 225 Å². The lowest BCUT2D eigenvalue weighted by Crippen LogP contribution is -2.38. The standard InChI is InChI=1S/C27H32N6O4S/c1-4-14-36-22-12-6-11-21-24(22)38-27(31-21)32-23(34)16-20(10-7-13-28-3)30-26(35)19-9-5-8-18(15-19)25-29-17(2)37-33-25/h5-6,8-9,11-12,15,20,28H,4,7,10,13-14,16H2,1-3H3,(H,30,35)(H,31,32,34)/t20-/m0/s1. The minimum atomic E-state index is -0.357. The number of hydrogen-bond acceptors (Lipinski definition) is 9. The number of benzene rings is 2. The normalized spacial score (nSPS) is 11.9. The third kappa shape index (κ3) is 7.14. The second-order valence-electron chi connectivity index (χ2n) is 8.86. The van der Waals surface area contributed by atoms with Gasteiger partial charge in [0.15, 0.2) is 5.13 Å². The number of thiazole rings is 1. The zero-order valence-corrected chi connectivity index (χ0v) is 22.6. The molecule has 0 aliphatic carbocycles. The lowest BCUT2D eigenvalue weighted by Gasteiger charge is -2.18. The van der Waals surface area contributed by atoms with Crippen molar-refractivity contribution in [3.63, 3.8) is 0 Å². The van der Waals surface area contributed by atoms with Gasteiger partial charge in [-0.2, -0.15) is 4.98 Å². The summed E-state index contributed by atoms with van der Waals surface area (Å²) in [6.07, 6.45) is 2.46. The molecule has 10 nitrogen and oxygen atoms in total. The first kappa shape index (κ1) is 27.2. The van der Waals surface area contributed by atoms with E-state index in [1.165, 1.54) is 11.3 Å². The number of amides is 2. The van der Waals surface area contributed by atoms with Crippen LogP contribution in [0.25, 0.3) is 21.6 Å². The van der Waals surface area contributed by atoms with Crippen molar-refractivity contribution in [2.24, 2.45) is 0 Å². The van der Waals surface area contributed by atoms with Gasteiger partial charge in [-0.25, -0.2) is 4.98 Å². The predicted molar refractivity (Wildman–Crippen MR) is 148 cm³/mol. The molecular formula is C27H32N6O4S. The highest BCUT2D eigenvalue weighted by molar-refractivity contribution is 7.22. The number of rotatable bonds is 13. The van der Waals surface area contributed by atoms with E-state index in [-0.39, 0.29) is 24.3 Å². The van der Waals surface area contributed by atoms with Crippen LogP contribution < -0.4 is 20.7 Å². The molecule has 0 saturated carbocycles. The lowest BCUT2D eigenvalue weighted by atomic mass is 10.1. The third-order valence-electron chi connectivity index (χ3n) is 5.74. The number of carbonyl (C=O) groups is 2. The maximum Gasteiger partial charge on any atom is 0.251 e. The topological polar surface area (TPSA) is 131 Å². The van der Waals surface area contributed by atoms with Crippen molar-refractivity contribution in [1.29, 1.82) is 0 Å². The van der Waals surface area contributed by atoms with Crippen LogP contribution in [0.1, 0.15) is 48.9 Å². The molecule has 2 aromatic heterocycles. The van der Waals surface area contributed by atoms with Crippen molar-refractivity contribution >= 4 is 38.5 Å². The molecule has 0 bridgehead atoms. The van der Waals surface area contributed by atoms with Gasteiger partial charge in [0.2, 0.25) is 17.6 Å². The summed E-state index contributed by atoms with van der Waals surface area (Å²) in [5.74, 6) is 1.14. The van der Waals surface area contributed by atoms with E-state index < -0.39 is 0 Å². The Kier molecular flexibility index (Phi) is 9.39. The number of nitrogens with zero attached hydrogens (tertiary/aromatic N) is 3. The van der Waals surface area contributed by atoms with E-state index in [0.29, 0.717) is 41.0 Å². The Morgan fingerprint density at radius 3 is 2.76 bits per heavy atom. The Hall–Kier alpha value is -3.83. The summed E-state index contributed by atoms with van der Waals surface area (Å²) < 4.78 is 11.8. The van der Waals surface area contributed by atoms with Crippen LogP contribution in [-0.2, 0) is 4.79 Å². The lowest BCUT2D eigenvalue weighted by molar-refractivity contribution is -0.116. The number of anilines is 1. The first-order valence-electron chi connectivity index (χ1n) is 12.6. The van der Waals surface area contributed by atoms with Crippen molar-refractivity contribution in [2.45, 2.75) is 45.6 Å². The van der Waals surface area contributed by atoms with E-state index in [9.17, 15) is 9.59 Å². The highest BCUT2D eigenvalue weighted by atomic mass is 32.1. The number of ether oxygens (including phenoxy) is 1. The first-order chi connectivity index (χ1) is 18.5. The summed E-state index contributed by atoms with van der Waals surface area (Å²) >= 11 is 1.38. The van der Waals surface area contributed by atoms with Gasteiger partial charge >= 0.3 is 0 Å². The summed E-state index contributed by atoms with van der Waals surface area (Å²) in [4.78, 5) is 34.9. The van der Waals surface area contributed by atoms with Crippen molar-refractivity contribution in [2.75, 3.05) is 25.5 Å². The van der Waals surface area contributed by atoms with Crippen molar-refractivity contribution in [3.05, 3.63) is 53.9 Å². The van der Waals surface area contributed by atoms with Gasteiger partial charge in [-0.3, -0.25) is 9.59 Å². The number of carbonyl (C=O) groups excluding carboxylic acids is 2. The molecule has 0 aliphatic heterocycles. The summed E-state index contributed by atoms with van der Waals surface area (Å²) in [5.41, 5.74) is 1.90. The summed E-state index contributed by atoms with van der Waals surface area (Å²) in [6.45, 7) is 5.15. The third-order valence-corrected chi connectivity index (χ3v) is 6.74. The summed E-state index contributed by atoms with van der Waals surface area (Å²) in [5, 5.41) is 13.5. The van der Waals surface area contributed by atoms with Gasteiger partial charge < -0.3 is 25.2 Å². The van der Waals surface area contributed by atoms with Gasteiger partial charge in [0.05, 0.1) is 16.8 Å². The van der Waals surface area contributed by atoms with E-state index >= 15 is 0 Å². The number of fused-ring (bicyclic) bond motifs is 1. The fourth-order valence-electron chi connectivity index (χ4n) is 3.93. The van der Waals surface area contributed by atoms with Gasteiger partial charge in [-0.15, -0.1) is 0 Å². The number of aromatic nitrogens is 3. The minimum absolute atomic E-state index is 0.119. The molecule has 2 amide bonds. The maximum atomic E-state index is 13.1. The Morgan fingerprint density at radius 2 is 2.00 bits per heavy atom. The van der Waals surface area contributed by atoms with Crippen LogP contribution in [0.4, 0.5) is 5.13 Å². The van der Waals surface area contributed by atoms with Crippen LogP contribution in [0.5, 0.6) is 5.75 Å². The van der Waals surface area contributed by atoms with Gasteiger partial charge in [0.25, 0.3) is 5.91 Å². The first-order valence-corrected chi connectivity index (χ1v) is 13.5. The molecule has 0 aliphatic rings. The van der Waals surface area contributed by atoms with E-state index in [0.717, 1.165) is 35.4 Å². The highest BCUT2D eigenvalue weighted by Gasteiger charge is 2.20. The number of nitrogens with one attached hydrogen (secondary N) is 3. The average molecular weight is 537 g/mol. The molecule has 38 heavy (non-hydrogen) atoms. The Balaban J connectivity index is 1.43. The number of hydrogen-bond donors (Lipinski definition) is 3. The largest absolute Gasteiger partial charge is 0.492 e. The second-order valence-corrected chi connectivity index (χ2v) is 9.86. The fraction of sp³-hybridized carbons (Fsp3) is 0.370. The molecule has 1 atom stereocenters. The van der Waals surface area contributed by atoms with E-state index in [4.69, 9.17) is 9.26 Å². The van der Waals surface area contributed by atoms with Crippen LogP contribution in [0.3, 0.4) is 0 Å². The summed E-state index contributed by atoms with van der Waals surface area (Å²) in [7, 11) is 1.87. The van der Waals surface area contributed by atoms with Crippen molar-refractivity contribution in [1.82, 2.24) is 25.8 Å². The molecule has 3 N–H and O–H groups in total. The molecule has 2 heterocycles. The maximum absolute atomic E-state index is 13.1. The van der Waals surface area contributed by atoms with E-state index in [2.05, 4.69) is 38.0 Å².